The van der Waals surface area contributed by atoms with Crippen LogP contribution in [0.15, 0.2) is 42.5 Å². The summed E-state index contributed by atoms with van der Waals surface area (Å²) in [6.07, 6.45) is -0.927. The van der Waals surface area contributed by atoms with E-state index in [0.717, 1.165) is 0 Å². The van der Waals surface area contributed by atoms with E-state index < -0.39 is 12.0 Å². The number of ether oxygens (including phenoxy) is 3. The maximum Gasteiger partial charge on any atom is 0.172 e. The van der Waals surface area contributed by atoms with Crippen molar-refractivity contribution >= 4 is 5.78 Å². The van der Waals surface area contributed by atoms with Gasteiger partial charge in [0, 0.05) is 11.1 Å². The first-order valence-corrected chi connectivity index (χ1v) is 7.31. The highest BCUT2D eigenvalue weighted by molar-refractivity contribution is 5.98. The second-order valence-corrected chi connectivity index (χ2v) is 5.36. The Labute approximate surface area is 134 Å². The van der Waals surface area contributed by atoms with E-state index in [1.54, 1.807) is 56.7 Å². The van der Waals surface area contributed by atoms with Crippen molar-refractivity contribution in [1.82, 2.24) is 0 Å². The fraction of sp³-hybridized carbons (Fsp3) is 0.278. The minimum Gasteiger partial charge on any atom is -0.497 e. The van der Waals surface area contributed by atoms with Gasteiger partial charge in [0.05, 0.1) is 26.2 Å². The lowest BCUT2D eigenvalue weighted by atomic mass is 9.87. The summed E-state index contributed by atoms with van der Waals surface area (Å²) >= 11 is 0. The molecule has 2 aromatic rings. The maximum atomic E-state index is 12.7. The molecule has 1 heterocycles. The van der Waals surface area contributed by atoms with Gasteiger partial charge in [-0.1, -0.05) is 0 Å². The lowest BCUT2D eigenvalue weighted by molar-refractivity contribution is 0.0416. The summed E-state index contributed by atoms with van der Waals surface area (Å²) in [7, 11) is 3.12. The molecule has 23 heavy (non-hydrogen) atoms. The van der Waals surface area contributed by atoms with Gasteiger partial charge in [0.15, 0.2) is 5.78 Å². The lowest BCUT2D eigenvalue weighted by Gasteiger charge is -2.29. The minimum atomic E-state index is -0.927. The second-order valence-electron chi connectivity index (χ2n) is 5.36. The minimum absolute atomic E-state index is 0.144. The standard InChI is InChI=1S/C18H18O5/c1-21-12-5-3-11(4-6-12)17(19)15-10-23-16-8-7-13(22-2)9-14(16)18(15)20/h3-9,15,18,20H,10H2,1-2H3. The Morgan fingerprint density at radius 2 is 1.74 bits per heavy atom. The topological polar surface area (TPSA) is 65.0 Å². The molecule has 3 rings (SSSR count). The van der Waals surface area contributed by atoms with Crippen molar-refractivity contribution in [2.45, 2.75) is 6.10 Å². The number of hydrogen-bond donors (Lipinski definition) is 1. The van der Waals surface area contributed by atoms with E-state index in [1.165, 1.54) is 0 Å². The zero-order valence-corrected chi connectivity index (χ0v) is 13.0. The molecule has 0 aliphatic carbocycles. The summed E-state index contributed by atoms with van der Waals surface area (Å²) in [5, 5.41) is 10.6. The van der Waals surface area contributed by atoms with Gasteiger partial charge in [-0.25, -0.2) is 0 Å². The molecule has 0 spiro atoms. The first-order valence-electron chi connectivity index (χ1n) is 7.31. The van der Waals surface area contributed by atoms with Crippen LogP contribution in [0.25, 0.3) is 0 Å². The zero-order valence-electron chi connectivity index (χ0n) is 13.0. The number of fused-ring (bicyclic) bond motifs is 1. The maximum absolute atomic E-state index is 12.7. The number of aliphatic hydroxyl groups is 1. The Hall–Kier alpha value is -2.53. The third-order valence-electron chi connectivity index (χ3n) is 4.05. The summed E-state index contributed by atoms with van der Waals surface area (Å²) < 4.78 is 15.9. The number of carbonyl (C=O) groups excluding carboxylic acids is 1. The average Bonchev–Trinajstić information content (AvgIpc) is 2.61. The highest BCUT2D eigenvalue weighted by Gasteiger charge is 2.35. The first-order chi connectivity index (χ1) is 11.1. The SMILES string of the molecule is COc1ccc(C(=O)C2COc3ccc(OC)cc3C2O)cc1. The van der Waals surface area contributed by atoms with E-state index in [9.17, 15) is 9.90 Å². The predicted octanol–water partition coefficient (Wildman–Crippen LogP) is 2.63. The van der Waals surface area contributed by atoms with Gasteiger partial charge in [0.2, 0.25) is 0 Å². The molecule has 2 aromatic carbocycles. The fourth-order valence-electron chi connectivity index (χ4n) is 2.69. The van der Waals surface area contributed by atoms with Crippen LogP contribution in [0.1, 0.15) is 22.0 Å². The van der Waals surface area contributed by atoms with Crippen molar-refractivity contribution in [3.05, 3.63) is 53.6 Å². The molecule has 0 amide bonds. The second kappa shape index (κ2) is 6.30. The van der Waals surface area contributed by atoms with E-state index in [4.69, 9.17) is 14.2 Å². The Kier molecular flexibility index (Phi) is 4.21. The number of Topliss-reactive ketones (excluding diaryl/α,β-unsaturated/α-hetero) is 1. The monoisotopic (exact) mass is 314 g/mol. The largest absolute Gasteiger partial charge is 0.497 e. The van der Waals surface area contributed by atoms with Crippen LogP contribution >= 0.6 is 0 Å². The van der Waals surface area contributed by atoms with Gasteiger partial charge >= 0.3 is 0 Å². The third kappa shape index (κ3) is 2.87. The van der Waals surface area contributed by atoms with E-state index >= 15 is 0 Å². The van der Waals surface area contributed by atoms with Gasteiger partial charge in [-0.2, -0.15) is 0 Å². The molecule has 0 saturated heterocycles. The number of benzene rings is 2. The molecule has 1 aliphatic heterocycles. The lowest BCUT2D eigenvalue weighted by Crippen LogP contribution is -2.32. The van der Waals surface area contributed by atoms with Crippen molar-refractivity contribution in [3.8, 4) is 17.2 Å². The first kappa shape index (κ1) is 15.4. The summed E-state index contributed by atoms with van der Waals surface area (Å²) in [5.74, 6) is 1.06. The summed E-state index contributed by atoms with van der Waals surface area (Å²) in [6.45, 7) is 0.144. The number of hydrogen-bond acceptors (Lipinski definition) is 5. The number of rotatable bonds is 4. The van der Waals surface area contributed by atoms with Crippen molar-refractivity contribution in [3.63, 3.8) is 0 Å². The van der Waals surface area contributed by atoms with Crippen LogP contribution in [-0.4, -0.2) is 31.7 Å². The van der Waals surface area contributed by atoms with Crippen LogP contribution in [-0.2, 0) is 0 Å². The Bertz CT molecular complexity index is 708. The third-order valence-corrected chi connectivity index (χ3v) is 4.05. The molecule has 2 atom stereocenters. The molecule has 0 aromatic heterocycles. The molecule has 1 aliphatic rings. The molecule has 0 saturated carbocycles. The van der Waals surface area contributed by atoms with Crippen molar-refractivity contribution in [2.24, 2.45) is 5.92 Å². The summed E-state index contributed by atoms with van der Waals surface area (Å²) in [4.78, 5) is 12.7. The van der Waals surface area contributed by atoms with E-state index in [-0.39, 0.29) is 12.4 Å². The van der Waals surface area contributed by atoms with Crippen LogP contribution in [0.2, 0.25) is 0 Å². The van der Waals surface area contributed by atoms with Gasteiger partial charge in [-0.3, -0.25) is 4.79 Å². The van der Waals surface area contributed by atoms with Gasteiger partial charge < -0.3 is 19.3 Å². The molecule has 1 N–H and O–H groups in total. The van der Waals surface area contributed by atoms with Crippen LogP contribution in [0, 0.1) is 5.92 Å². The molecule has 5 nitrogen and oxygen atoms in total. The van der Waals surface area contributed by atoms with Crippen molar-refractivity contribution < 1.29 is 24.1 Å². The molecule has 0 fully saturated rings. The van der Waals surface area contributed by atoms with Gasteiger partial charge in [0.25, 0.3) is 0 Å². The van der Waals surface area contributed by atoms with Crippen LogP contribution in [0.3, 0.4) is 0 Å². The Morgan fingerprint density at radius 3 is 2.39 bits per heavy atom. The van der Waals surface area contributed by atoms with Crippen molar-refractivity contribution in [2.75, 3.05) is 20.8 Å². The van der Waals surface area contributed by atoms with Crippen LogP contribution < -0.4 is 14.2 Å². The number of carbonyl (C=O) groups is 1. The van der Waals surface area contributed by atoms with Gasteiger partial charge in [-0.15, -0.1) is 0 Å². The summed E-state index contributed by atoms with van der Waals surface area (Å²) in [5.41, 5.74) is 1.09. The number of ketones is 1. The quantitative estimate of drug-likeness (QED) is 0.879. The molecule has 5 heteroatoms. The fourth-order valence-corrected chi connectivity index (χ4v) is 2.69. The number of methoxy groups -OCH3 is 2. The Balaban J connectivity index is 1.86. The molecular formula is C18H18O5. The summed E-state index contributed by atoms with van der Waals surface area (Å²) in [6, 6.07) is 12.0. The smallest absolute Gasteiger partial charge is 0.172 e. The Morgan fingerprint density at radius 1 is 1.09 bits per heavy atom. The average molecular weight is 314 g/mol. The normalized spacial score (nSPS) is 19.4. The highest BCUT2D eigenvalue weighted by Crippen LogP contribution is 2.38. The molecule has 120 valence electrons. The van der Waals surface area contributed by atoms with Crippen molar-refractivity contribution in [1.29, 1.82) is 0 Å². The van der Waals surface area contributed by atoms with Crippen LogP contribution in [0.5, 0.6) is 17.2 Å². The molecule has 0 radical (unpaired) electrons. The molecule has 0 bridgehead atoms. The zero-order chi connectivity index (χ0) is 16.4. The van der Waals surface area contributed by atoms with Crippen LogP contribution in [0.4, 0.5) is 0 Å². The number of aliphatic hydroxyl groups excluding tert-OH is 1. The van der Waals surface area contributed by atoms with Gasteiger partial charge in [0.1, 0.15) is 23.9 Å². The molecule has 2 unspecified atom stereocenters. The van der Waals surface area contributed by atoms with E-state index in [0.29, 0.717) is 28.4 Å². The highest BCUT2D eigenvalue weighted by atomic mass is 16.5. The van der Waals surface area contributed by atoms with Gasteiger partial charge in [-0.05, 0) is 42.5 Å². The predicted molar refractivity (Wildman–Crippen MR) is 84.3 cm³/mol. The molecular weight excluding hydrogens is 296 g/mol. The van der Waals surface area contributed by atoms with E-state index in [2.05, 4.69) is 0 Å². The van der Waals surface area contributed by atoms with E-state index in [1.807, 2.05) is 0 Å².